The van der Waals surface area contributed by atoms with Crippen molar-refractivity contribution in [3.05, 3.63) is 54.5 Å². The van der Waals surface area contributed by atoms with Gasteiger partial charge in [0.1, 0.15) is 5.82 Å². The molecule has 2 atom stereocenters. The zero-order valence-corrected chi connectivity index (χ0v) is 14.2. The molecule has 24 heavy (non-hydrogen) atoms. The van der Waals surface area contributed by atoms with Crippen molar-refractivity contribution >= 4 is 11.7 Å². The SMILES string of the molecule is Cc1cccc[n+]1C12CCCC(C(=O)Nc3ccccn3)(CC1)C2. The first-order valence-corrected chi connectivity index (χ1v) is 8.84. The lowest BCUT2D eigenvalue weighted by atomic mass is 9.72. The van der Waals surface area contributed by atoms with Crippen LogP contribution in [-0.4, -0.2) is 10.9 Å². The number of aromatic nitrogens is 2. The number of aryl methyl sites for hydroxylation is 1. The molecule has 124 valence electrons. The van der Waals surface area contributed by atoms with Gasteiger partial charge in [-0.1, -0.05) is 12.1 Å². The number of carbonyl (C=O) groups excluding carboxylic acids is 1. The Labute approximate surface area is 142 Å². The highest BCUT2D eigenvalue weighted by Gasteiger charge is 2.60. The van der Waals surface area contributed by atoms with Gasteiger partial charge >= 0.3 is 0 Å². The van der Waals surface area contributed by atoms with E-state index in [1.807, 2.05) is 18.2 Å². The molecule has 4 nitrogen and oxygen atoms in total. The molecule has 2 aliphatic carbocycles. The van der Waals surface area contributed by atoms with E-state index in [2.05, 4.69) is 46.2 Å². The summed E-state index contributed by atoms with van der Waals surface area (Å²) in [5.74, 6) is 0.806. The molecule has 4 heteroatoms. The van der Waals surface area contributed by atoms with Crippen molar-refractivity contribution in [1.29, 1.82) is 0 Å². The lowest BCUT2D eigenvalue weighted by Crippen LogP contribution is -2.58. The molecule has 2 heterocycles. The Morgan fingerprint density at radius 2 is 2.00 bits per heavy atom. The molecule has 0 aromatic carbocycles. The van der Waals surface area contributed by atoms with Gasteiger partial charge in [0.2, 0.25) is 5.91 Å². The summed E-state index contributed by atoms with van der Waals surface area (Å²) in [6.07, 6.45) is 10.2. The normalized spacial score (nSPS) is 28.5. The van der Waals surface area contributed by atoms with E-state index in [4.69, 9.17) is 0 Å². The third-order valence-electron chi connectivity index (χ3n) is 6.00. The van der Waals surface area contributed by atoms with Gasteiger partial charge in [0.15, 0.2) is 17.4 Å². The molecule has 2 aromatic heterocycles. The average molecular weight is 322 g/mol. The number of nitrogens with one attached hydrogen (secondary N) is 1. The van der Waals surface area contributed by atoms with Gasteiger partial charge in [-0.2, -0.15) is 4.57 Å². The predicted octanol–water partition coefficient (Wildman–Crippen LogP) is 3.37. The number of nitrogens with zero attached hydrogens (tertiary/aromatic N) is 2. The van der Waals surface area contributed by atoms with E-state index in [0.717, 1.165) is 32.1 Å². The number of carbonyl (C=O) groups is 1. The van der Waals surface area contributed by atoms with Crippen LogP contribution in [0.15, 0.2) is 48.8 Å². The molecule has 2 aliphatic rings. The van der Waals surface area contributed by atoms with Crippen molar-refractivity contribution in [1.82, 2.24) is 4.98 Å². The van der Waals surface area contributed by atoms with Gasteiger partial charge in [0.05, 0.1) is 5.41 Å². The molecule has 2 bridgehead atoms. The quantitative estimate of drug-likeness (QED) is 0.881. The first-order valence-electron chi connectivity index (χ1n) is 8.84. The Kier molecular flexibility index (Phi) is 3.63. The van der Waals surface area contributed by atoms with Crippen molar-refractivity contribution in [3.8, 4) is 0 Å². The van der Waals surface area contributed by atoms with Gasteiger partial charge in [-0.25, -0.2) is 4.98 Å². The van der Waals surface area contributed by atoms with Crippen molar-refractivity contribution in [3.63, 3.8) is 0 Å². The van der Waals surface area contributed by atoms with Crippen molar-refractivity contribution in [2.75, 3.05) is 5.32 Å². The van der Waals surface area contributed by atoms with Crippen LogP contribution in [0.5, 0.6) is 0 Å². The Morgan fingerprint density at radius 3 is 2.79 bits per heavy atom. The molecule has 2 saturated carbocycles. The second-order valence-electron chi connectivity index (χ2n) is 7.42. The van der Waals surface area contributed by atoms with Crippen molar-refractivity contribution in [2.24, 2.45) is 5.41 Å². The van der Waals surface area contributed by atoms with Crippen molar-refractivity contribution in [2.45, 2.75) is 51.0 Å². The monoisotopic (exact) mass is 322 g/mol. The Hall–Kier alpha value is -2.23. The van der Waals surface area contributed by atoms with Crippen LogP contribution in [0.3, 0.4) is 0 Å². The predicted molar refractivity (Wildman–Crippen MR) is 92.3 cm³/mol. The maximum atomic E-state index is 13.0. The summed E-state index contributed by atoms with van der Waals surface area (Å²) in [5.41, 5.74) is 1.14. The first kappa shape index (κ1) is 15.3. The third-order valence-corrected chi connectivity index (χ3v) is 6.00. The van der Waals surface area contributed by atoms with E-state index < -0.39 is 0 Å². The Bertz CT molecular complexity index is 760. The largest absolute Gasteiger partial charge is 0.310 e. The minimum Gasteiger partial charge on any atom is -0.310 e. The number of pyridine rings is 2. The van der Waals surface area contributed by atoms with Crippen LogP contribution in [0, 0.1) is 12.3 Å². The third kappa shape index (κ3) is 2.41. The number of anilines is 1. The molecule has 0 saturated heterocycles. The van der Waals surface area contributed by atoms with Crippen LogP contribution >= 0.6 is 0 Å². The summed E-state index contributed by atoms with van der Waals surface area (Å²) in [5, 5.41) is 3.05. The van der Waals surface area contributed by atoms with Crippen LogP contribution in [0.2, 0.25) is 0 Å². The summed E-state index contributed by atoms with van der Waals surface area (Å²) in [4.78, 5) is 17.3. The van der Waals surface area contributed by atoms with Crippen molar-refractivity contribution < 1.29 is 9.36 Å². The van der Waals surface area contributed by atoms with Gasteiger partial charge in [0, 0.05) is 44.5 Å². The summed E-state index contributed by atoms with van der Waals surface area (Å²) in [6.45, 7) is 2.16. The number of fused-ring (bicyclic) bond motifs is 2. The lowest BCUT2D eigenvalue weighted by Gasteiger charge is -2.35. The van der Waals surface area contributed by atoms with E-state index >= 15 is 0 Å². The molecule has 0 radical (unpaired) electrons. The van der Waals surface area contributed by atoms with Gasteiger partial charge < -0.3 is 5.32 Å². The zero-order chi connectivity index (χ0) is 16.6. The van der Waals surface area contributed by atoms with Crippen LogP contribution in [-0.2, 0) is 10.3 Å². The van der Waals surface area contributed by atoms with E-state index in [9.17, 15) is 4.79 Å². The second-order valence-corrected chi connectivity index (χ2v) is 7.42. The minimum atomic E-state index is -0.245. The fraction of sp³-hybridized carbons (Fsp3) is 0.450. The van der Waals surface area contributed by atoms with Crippen LogP contribution in [0.25, 0.3) is 0 Å². The standard InChI is InChI=1S/C20H23N3O/c1-16-7-3-5-14-23(16)20-10-6-9-19(15-20,11-12-20)18(24)22-17-8-2-4-13-21-17/h2-5,7-8,13-14H,6,9-12,15H2,1H3/p+1. The summed E-state index contributed by atoms with van der Waals surface area (Å²) in [6, 6.07) is 12.0. The lowest BCUT2D eigenvalue weighted by molar-refractivity contribution is -0.771. The second kappa shape index (κ2) is 5.69. The maximum absolute atomic E-state index is 13.0. The van der Waals surface area contributed by atoms with E-state index in [-0.39, 0.29) is 16.9 Å². The summed E-state index contributed by atoms with van der Waals surface area (Å²) in [7, 11) is 0. The van der Waals surface area contributed by atoms with Gasteiger partial charge in [-0.05, 0) is 31.4 Å². The molecule has 0 aliphatic heterocycles. The van der Waals surface area contributed by atoms with Gasteiger partial charge in [-0.15, -0.1) is 0 Å². The smallest absolute Gasteiger partial charge is 0.232 e. The summed E-state index contributed by atoms with van der Waals surface area (Å²) < 4.78 is 2.42. The van der Waals surface area contributed by atoms with Crippen LogP contribution in [0.4, 0.5) is 5.82 Å². The molecule has 1 amide bonds. The fourth-order valence-electron chi connectivity index (χ4n) is 4.84. The molecule has 1 N–H and O–H groups in total. The highest BCUT2D eigenvalue weighted by Crippen LogP contribution is 2.55. The first-order chi connectivity index (χ1) is 11.6. The van der Waals surface area contributed by atoms with Gasteiger partial charge in [0.25, 0.3) is 0 Å². The zero-order valence-electron chi connectivity index (χ0n) is 14.2. The molecule has 2 fully saturated rings. The molecule has 2 aromatic rings. The number of hydrogen-bond acceptors (Lipinski definition) is 2. The van der Waals surface area contributed by atoms with Crippen LogP contribution in [0.1, 0.15) is 44.2 Å². The maximum Gasteiger partial charge on any atom is 0.232 e. The van der Waals surface area contributed by atoms with E-state index in [0.29, 0.717) is 5.82 Å². The van der Waals surface area contributed by atoms with Gasteiger partial charge in [-0.3, -0.25) is 4.79 Å². The number of hydrogen-bond donors (Lipinski definition) is 1. The highest BCUT2D eigenvalue weighted by molar-refractivity contribution is 5.95. The number of amides is 1. The van der Waals surface area contributed by atoms with E-state index in [1.165, 1.54) is 12.1 Å². The summed E-state index contributed by atoms with van der Waals surface area (Å²) >= 11 is 0. The Balaban J connectivity index is 1.62. The molecule has 2 unspecified atom stereocenters. The van der Waals surface area contributed by atoms with E-state index in [1.54, 1.807) is 6.20 Å². The highest BCUT2D eigenvalue weighted by atomic mass is 16.2. The minimum absolute atomic E-state index is 0.102. The molecular weight excluding hydrogens is 298 g/mol. The Morgan fingerprint density at radius 1 is 1.12 bits per heavy atom. The number of rotatable bonds is 3. The fourth-order valence-corrected chi connectivity index (χ4v) is 4.84. The van der Waals surface area contributed by atoms with Crippen LogP contribution < -0.4 is 9.88 Å². The molecule has 4 rings (SSSR count). The molecule has 0 spiro atoms. The molecular formula is C20H24N3O+. The topological polar surface area (TPSA) is 45.9 Å². The average Bonchev–Trinajstić information content (AvgIpc) is 2.89.